The zero-order valence-electron chi connectivity index (χ0n) is 16.1. The Morgan fingerprint density at radius 2 is 2.11 bits per heavy atom. The number of amides is 1. The third kappa shape index (κ3) is 4.92. The molecule has 1 aliphatic rings. The predicted molar refractivity (Wildman–Crippen MR) is 107 cm³/mol. The van der Waals surface area contributed by atoms with Crippen molar-refractivity contribution in [2.24, 2.45) is 11.8 Å². The predicted octanol–water partition coefficient (Wildman–Crippen LogP) is 4.96. The number of rotatable bonds is 6. The van der Waals surface area contributed by atoms with Crippen LogP contribution < -0.4 is 5.32 Å². The van der Waals surface area contributed by atoms with Crippen molar-refractivity contribution in [3.63, 3.8) is 0 Å². The maximum absolute atomic E-state index is 13.9. The molecule has 4 nitrogen and oxygen atoms in total. The fourth-order valence-electron chi connectivity index (χ4n) is 3.59. The minimum atomic E-state index is -0.354. The lowest BCUT2D eigenvalue weighted by Gasteiger charge is -2.34. The van der Waals surface area contributed by atoms with Gasteiger partial charge in [0.05, 0.1) is 17.0 Å². The van der Waals surface area contributed by atoms with Crippen LogP contribution in [-0.4, -0.2) is 22.7 Å². The van der Waals surface area contributed by atoms with E-state index in [0.717, 1.165) is 12.1 Å². The van der Waals surface area contributed by atoms with Gasteiger partial charge in [-0.15, -0.1) is 11.8 Å². The van der Waals surface area contributed by atoms with Crippen molar-refractivity contribution in [3.8, 4) is 11.5 Å². The molecular formula is C21H27FN2O2S. The van der Waals surface area contributed by atoms with Gasteiger partial charge < -0.3 is 9.73 Å². The number of aryl methyl sites for hydroxylation is 1. The lowest BCUT2D eigenvalue weighted by Crippen LogP contribution is -2.44. The van der Waals surface area contributed by atoms with E-state index < -0.39 is 0 Å². The molecule has 2 aromatic rings. The SMILES string of the molecule is Cc1oc(-c2ccccc2F)nc1CSCC(=O)N[C@@H]1CCC[C@H](C)[C@@H]1C. The first-order chi connectivity index (χ1) is 13.0. The van der Waals surface area contributed by atoms with Gasteiger partial charge in [0.1, 0.15) is 11.6 Å². The van der Waals surface area contributed by atoms with E-state index in [2.05, 4.69) is 24.1 Å². The summed E-state index contributed by atoms with van der Waals surface area (Å²) in [6.07, 6.45) is 3.49. The number of benzene rings is 1. The van der Waals surface area contributed by atoms with Gasteiger partial charge in [0.2, 0.25) is 11.8 Å². The fraction of sp³-hybridized carbons (Fsp3) is 0.524. The maximum Gasteiger partial charge on any atom is 0.230 e. The normalized spacial score (nSPS) is 22.6. The van der Waals surface area contributed by atoms with Gasteiger partial charge in [0, 0.05) is 11.8 Å². The molecule has 1 amide bonds. The summed E-state index contributed by atoms with van der Waals surface area (Å²) < 4.78 is 19.5. The molecule has 146 valence electrons. The summed E-state index contributed by atoms with van der Waals surface area (Å²) in [5.74, 6) is 2.80. The number of nitrogens with zero attached hydrogens (tertiary/aromatic N) is 1. The highest BCUT2D eigenvalue weighted by molar-refractivity contribution is 7.99. The standard InChI is InChI=1S/C21H27FN2O2S/c1-13-7-6-10-18(14(13)2)23-20(25)12-27-11-19-15(3)26-21(24-19)16-8-4-5-9-17(16)22/h4-5,8-9,13-14,18H,6-7,10-12H2,1-3H3,(H,23,25)/t13-,14-,18+/m0/s1. The Labute approximate surface area is 164 Å². The Hall–Kier alpha value is -1.82. The summed E-state index contributed by atoms with van der Waals surface area (Å²) in [7, 11) is 0. The lowest BCUT2D eigenvalue weighted by atomic mass is 9.78. The molecule has 1 aliphatic carbocycles. The number of carbonyl (C=O) groups is 1. The topological polar surface area (TPSA) is 55.1 Å². The molecule has 3 atom stereocenters. The summed E-state index contributed by atoms with van der Waals surface area (Å²) >= 11 is 1.50. The van der Waals surface area contributed by atoms with E-state index >= 15 is 0 Å². The van der Waals surface area contributed by atoms with Crippen LogP contribution in [0.2, 0.25) is 0 Å². The van der Waals surface area contributed by atoms with Gasteiger partial charge in [-0.3, -0.25) is 4.79 Å². The molecule has 1 aromatic heterocycles. The average molecular weight is 391 g/mol. The number of aromatic nitrogens is 1. The molecular weight excluding hydrogens is 363 g/mol. The van der Waals surface area contributed by atoms with Crippen molar-refractivity contribution in [1.29, 1.82) is 0 Å². The zero-order valence-corrected chi connectivity index (χ0v) is 16.9. The molecule has 0 saturated heterocycles. The molecule has 1 aromatic carbocycles. The highest BCUT2D eigenvalue weighted by Gasteiger charge is 2.28. The molecule has 1 fully saturated rings. The van der Waals surface area contributed by atoms with Crippen molar-refractivity contribution in [1.82, 2.24) is 10.3 Å². The zero-order chi connectivity index (χ0) is 19.4. The minimum Gasteiger partial charge on any atom is -0.441 e. The Balaban J connectivity index is 1.52. The lowest BCUT2D eigenvalue weighted by molar-refractivity contribution is -0.119. The van der Waals surface area contributed by atoms with Crippen molar-refractivity contribution in [2.45, 2.75) is 51.8 Å². The number of carbonyl (C=O) groups excluding carboxylic acids is 1. The van der Waals surface area contributed by atoms with Crippen LogP contribution in [0, 0.1) is 24.6 Å². The van der Waals surface area contributed by atoms with Crippen LogP contribution in [0.3, 0.4) is 0 Å². The second-order valence-electron chi connectivity index (χ2n) is 7.44. The molecule has 6 heteroatoms. The molecule has 0 aliphatic heterocycles. The Morgan fingerprint density at radius 1 is 1.33 bits per heavy atom. The van der Waals surface area contributed by atoms with E-state index in [1.807, 2.05) is 6.92 Å². The summed E-state index contributed by atoms with van der Waals surface area (Å²) in [6, 6.07) is 6.71. The maximum atomic E-state index is 13.9. The molecule has 0 bridgehead atoms. The van der Waals surface area contributed by atoms with E-state index in [9.17, 15) is 9.18 Å². The number of hydrogen-bond acceptors (Lipinski definition) is 4. The summed E-state index contributed by atoms with van der Waals surface area (Å²) in [5.41, 5.74) is 1.11. The van der Waals surface area contributed by atoms with Gasteiger partial charge in [-0.05, 0) is 37.3 Å². The van der Waals surface area contributed by atoms with Gasteiger partial charge in [0.25, 0.3) is 0 Å². The summed E-state index contributed by atoms with van der Waals surface area (Å²) in [4.78, 5) is 16.7. The molecule has 3 rings (SSSR count). The Bertz CT molecular complexity index is 792. The number of hydrogen-bond donors (Lipinski definition) is 1. The van der Waals surface area contributed by atoms with Gasteiger partial charge in [-0.2, -0.15) is 0 Å². The van der Waals surface area contributed by atoms with Crippen LogP contribution in [-0.2, 0) is 10.5 Å². The monoisotopic (exact) mass is 390 g/mol. The summed E-state index contributed by atoms with van der Waals surface area (Å²) in [6.45, 7) is 6.31. The fourth-order valence-corrected chi connectivity index (χ4v) is 4.42. The first kappa shape index (κ1) is 19.9. The second-order valence-corrected chi connectivity index (χ2v) is 8.42. The van der Waals surface area contributed by atoms with Crippen LogP contribution >= 0.6 is 11.8 Å². The molecule has 1 N–H and O–H groups in total. The smallest absolute Gasteiger partial charge is 0.230 e. The molecule has 0 spiro atoms. The van der Waals surface area contributed by atoms with Gasteiger partial charge in [-0.25, -0.2) is 9.37 Å². The van der Waals surface area contributed by atoms with Crippen LogP contribution in [0.15, 0.2) is 28.7 Å². The third-order valence-electron chi connectivity index (χ3n) is 5.52. The third-order valence-corrected chi connectivity index (χ3v) is 6.47. The molecule has 27 heavy (non-hydrogen) atoms. The first-order valence-corrected chi connectivity index (χ1v) is 10.7. The number of halogens is 1. The van der Waals surface area contributed by atoms with Crippen molar-refractivity contribution < 1.29 is 13.6 Å². The van der Waals surface area contributed by atoms with Gasteiger partial charge in [-0.1, -0.05) is 38.8 Å². The quantitative estimate of drug-likeness (QED) is 0.757. The van der Waals surface area contributed by atoms with E-state index in [-0.39, 0.29) is 23.7 Å². The molecule has 1 saturated carbocycles. The number of thioether (sulfide) groups is 1. The second kappa shape index (κ2) is 8.91. The van der Waals surface area contributed by atoms with Crippen molar-refractivity contribution in [3.05, 3.63) is 41.5 Å². The van der Waals surface area contributed by atoms with Crippen molar-refractivity contribution >= 4 is 17.7 Å². The van der Waals surface area contributed by atoms with Crippen LogP contribution in [0.1, 0.15) is 44.6 Å². The van der Waals surface area contributed by atoms with Crippen LogP contribution in [0.5, 0.6) is 0 Å². The average Bonchev–Trinajstić information content (AvgIpc) is 3.00. The van der Waals surface area contributed by atoms with E-state index in [0.29, 0.717) is 34.7 Å². The van der Waals surface area contributed by atoms with Crippen LogP contribution in [0.4, 0.5) is 4.39 Å². The van der Waals surface area contributed by atoms with Crippen LogP contribution in [0.25, 0.3) is 11.5 Å². The van der Waals surface area contributed by atoms with E-state index in [1.165, 1.54) is 30.7 Å². The number of nitrogens with one attached hydrogen (secondary N) is 1. The van der Waals surface area contributed by atoms with Crippen molar-refractivity contribution in [2.75, 3.05) is 5.75 Å². The van der Waals surface area contributed by atoms with Gasteiger partial charge >= 0.3 is 0 Å². The first-order valence-electron chi connectivity index (χ1n) is 9.54. The highest BCUT2D eigenvalue weighted by atomic mass is 32.2. The largest absolute Gasteiger partial charge is 0.441 e. The molecule has 1 heterocycles. The van der Waals surface area contributed by atoms with Gasteiger partial charge in [0.15, 0.2) is 0 Å². The van der Waals surface area contributed by atoms with E-state index in [1.54, 1.807) is 18.2 Å². The molecule has 0 unspecified atom stereocenters. The Morgan fingerprint density at radius 3 is 2.89 bits per heavy atom. The Kier molecular flexibility index (Phi) is 6.58. The number of oxazole rings is 1. The summed E-state index contributed by atoms with van der Waals surface area (Å²) in [5, 5.41) is 3.19. The highest BCUT2D eigenvalue weighted by Crippen LogP contribution is 2.30. The molecule has 0 radical (unpaired) electrons. The van der Waals surface area contributed by atoms with E-state index in [4.69, 9.17) is 4.42 Å². The minimum absolute atomic E-state index is 0.0708.